The summed E-state index contributed by atoms with van der Waals surface area (Å²) >= 11 is 0. The average molecular weight is 270 g/mol. The first-order valence-corrected chi connectivity index (χ1v) is 7.47. The second-order valence-electron chi connectivity index (χ2n) is 5.64. The minimum Gasteiger partial charge on any atom is -0.381 e. The Bertz CT molecular complexity index is 558. The molecule has 1 aliphatic rings. The molecule has 1 atom stereocenters. The lowest BCUT2D eigenvalue weighted by atomic mass is 9.93. The van der Waals surface area contributed by atoms with Crippen LogP contribution in [0.4, 0.5) is 0 Å². The molecule has 0 saturated carbocycles. The zero-order valence-corrected chi connectivity index (χ0v) is 12.0. The van der Waals surface area contributed by atoms with E-state index in [1.54, 1.807) is 0 Å². The van der Waals surface area contributed by atoms with Gasteiger partial charge in [-0.05, 0) is 36.6 Å². The van der Waals surface area contributed by atoms with Gasteiger partial charge in [-0.25, -0.2) is 0 Å². The van der Waals surface area contributed by atoms with E-state index in [1.807, 2.05) is 12.4 Å². The molecular weight excluding hydrogens is 248 g/mol. The Morgan fingerprint density at radius 1 is 1.25 bits per heavy atom. The predicted octanol–water partition coefficient (Wildman–Crippen LogP) is 3.14. The highest BCUT2D eigenvalue weighted by Gasteiger charge is 2.20. The third-order valence-corrected chi connectivity index (χ3v) is 4.34. The van der Waals surface area contributed by atoms with E-state index in [2.05, 4.69) is 41.5 Å². The Morgan fingerprint density at radius 3 is 2.90 bits per heavy atom. The molecular formula is C17H22N2O. The van der Waals surface area contributed by atoms with Crippen molar-refractivity contribution >= 4 is 10.8 Å². The quantitative estimate of drug-likeness (QED) is 0.926. The topological polar surface area (TPSA) is 34.2 Å². The van der Waals surface area contributed by atoms with Crippen molar-refractivity contribution in [3.05, 3.63) is 42.2 Å². The van der Waals surface area contributed by atoms with E-state index in [0.717, 1.165) is 25.7 Å². The Kier molecular flexibility index (Phi) is 4.28. The number of benzene rings is 1. The molecule has 1 saturated heterocycles. The lowest BCUT2D eigenvalue weighted by Crippen LogP contribution is -2.36. The molecule has 3 heteroatoms. The fourth-order valence-corrected chi connectivity index (χ4v) is 2.97. The normalized spacial score (nSPS) is 18.2. The highest BCUT2D eigenvalue weighted by atomic mass is 16.5. The first-order valence-electron chi connectivity index (χ1n) is 7.47. The Morgan fingerprint density at radius 2 is 2.05 bits per heavy atom. The second kappa shape index (κ2) is 6.33. The number of aromatic nitrogens is 1. The molecule has 0 spiro atoms. The molecule has 1 aromatic carbocycles. The molecule has 3 nitrogen and oxygen atoms in total. The molecule has 1 unspecified atom stereocenters. The van der Waals surface area contributed by atoms with E-state index < -0.39 is 0 Å². The number of hydrogen-bond donors (Lipinski definition) is 1. The van der Waals surface area contributed by atoms with Crippen molar-refractivity contribution in [2.45, 2.75) is 32.4 Å². The first-order chi connectivity index (χ1) is 9.84. The number of rotatable bonds is 4. The summed E-state index contributed by atoms with van der Waals surface area (Å²) in [6.07, 6.45) is 6.25. The maximum Gasteiger partial charge on any atom is 0.0469 e. The zero-order valence-electron chi connectivity index (χ0n) is 12.0. The third kappa shape index (κ3) is 3.00. The van der Waals surface area contributed by atoms with Gasteiger partial charge in [-0.1, -0.05) is 24.3 Å². The number of nitrogens with zero attached hydrogens (tertiary/aromatic N) is 1. The monoisotopic (exact) mass is 270 g/mol. The highest BCUT2D eigenvalue weighted by Crippen LogP contribution is 2.20. The van der Waals surface area contributed by atoms with Crippen molar-refractivity contribution < 1.29 is 4.74 Å². The van der Waals surface area contributed by atoms with Gasteiger partial charge in [0.25, 0.3) is 0 Å². The van der Waals surface area contributed by atoms with Gasteiger partial charge in [0.15, 0.2) is 0 Å². The minimum absolute atomic E-state index is 0.526. The van der Waals surface area contributed by atoms with E-state index in [0.29, 0.717) is 6.04 Å². The fourth-order valence-electron chi connectivity index (χ4n) is 2.97. The number of fused-ring (bicyclic) bond motifs is 1. The highest BCUT2D eigenvalue weighted by molar-refractivity contribution is 5.84. The summed E-state index contributed by atoms with van der Waals surface area (Å²) in [4.78, 5) is 4.34. The van der Waals surface area contributed by atoms with Gasteiger partial charge in [-0.15, -0.1) is 0 Å². The van der Waals surface area contributed by atoms with Gasteiger partial charge in [-0.2, -0.15) is 0 Å². The molecule has 20 heavy (non-hydrogen) atoms. The summed E-state index contributed by atoms with van der Waals surface area (Å²) < 4.78 is 5.43. The maximum atomic E-state index is 5.43. The Balaban J connectivity index is 1.67. The summed E-state index contributed by atoms with van der Waals surface area (Å²) in [7, 11) is 0. The number of hydrogen-bond acceptors (Lipinski definition) is 3. The molecule has 2 aromatic rings. The number of pyridine rings is 1. The van der Waals surface area contributed by atoms with Crippen LogP contribution in [0.25, 0.3) is 10.8 Å². The van der Waals surface area contributed by atoms with Crippen molar-refractivity contribution in [1.29, 1.82) is 0 Å². The molecule has 1 aliphatic heterocycles. The van der Waals surface area contributed by atoms with Gasteiger partial charge in [0.1, 0.15) is 0 Å². The van der Waals surface area contributed by atoms with Crippen molar-refractivity contribution in [2.24, 2.45) is 5.92 Å². The molecule has 0 bridgehead atoms. The lowest BCUT2D eigenvalue weighted by Gasteiger charge is -2.28. The lowest BCUT2D eigenvalue weighted by molar-refractivity contribution is 0.0558. The van der Waals surface area contributed by atoms with Crippen LogP contribution in [-0.2, 0) is 11.3 Å². The molecule has 1 aromatic heterocycles. The Labute approximate surface area is 120 Å². The van der Waals surface area contributed by atoms with E-state index in [1.165, 1.54) is 29.2 Å². The average Bonchev–Trinajstić information content (AvgIpc) is 2.53. The molecule has 0 aliphatic carbocycles. The standard InChI is InChI=1S/C17H22N2O/c1-13(14-6-8-20-9-7-14)19-12-16-11-18-10-15-4-2-3-5-17(15)16/h2-5,10-11,13-14,19H,6-9,12H2,1H3. The SMILES string of the molecule is CC(NCc1cncc2ccccc12)C1CCOCC1. The van der Waals surface area contributed by atoms with Gasteiger partial charge < -0.3 is 10.1 Å². The van der Waals surface area contributed by atoms with Crippen molar-refractivity contribution in [3.8, 4) is 0 Å². The van der Waals surface area contributed by atoms with Crippen molar-refractivity contribution in [2.75, 3.05) is 13.2 Å². The van der Waals surface area contributed by atoms with Crippen LogP contribution >= 0.6 is 0 Å². The van der Waals surface area contributed by atoms with Crippen LogP contribution in [0.5, 0.6) is 0 Å². The second-order valence-corrected chi connectivity index (χ2v) is 5.64. The molecule has 0 radical (unpaired) electrons. The van der Waals surface area contributed by atoms with Crippen molar-refractivity contribution in [1.82, 2.24) is 10.3 Å². The molecule has 0 amide bonds. The smallest absolute Gasteiger partial charge is 0.0469 e. The zero-order chi connectivity index (χ0) is 13.8. The molecule has 2 heterocycles. The van der Waals surface area contributed by atoms with E-state index >= 15 is 0 Å². The fraction of sp³-hybridized carbons (Fsp3) is 0.471. The van der Waals surface area contributed by atoms with E-state index in [-0.39, 0.29) is 0 Å². The van der Waals surface area contributed by atoms with Gasteiger partial charge in [-0.3, -0.25) is 4.98 Å². The van der Waals surface area contributed by atoms with Crippen LogP contribution < -0.4 is 5.32 Å². The third-order valence-electron chi connectivity index (χ3n) is 4.34. The molecule has 1 N–H and O–H groups in total. The molecule has 1 fully saturated rings. The van der Waals surface area contributed by atoms with Crippen LogP contribution in [0.3, 0.4) is 0 Å². The van der Waals surface area contributed by atoms with Gasteiger partial charge in [0.05, 0.1) is 0 Å². The van der Waals surface area contributed by atoms with Gasteiger partial charge >= 0.3 is 0 Å². The number of nitrogens with one attached hydrogen (secondary N) is 1. The minimum atomic E-state index is 0.526. The van der Waals surface area contributed by atoms with Crippen LogP contribution in [0.2, 0.25) is 0 Å². The summed E-state index contributed by atoms with van der Waals surface area (Å²) in [5, 5.41) is 6.18. The molecule has 106 valence electrons. The molecule has 3 rings (SSSR count). The van der Waals surface area contributed by atoms with Crippen LogP contribution in [0.15, 0.2) is 36.7 Å². The summed E-state index contributed by atoms with van der Waals surface area (Å²) in [6.45, 7) is 4.99. The summed E-state index contributed by atoms with van der Waals surface area (Å²) in [5.74, 6) is 0.728. The predicted molar refractivity (Wildman–Crippen MR) is 81.6 cm³/mol. The summed E-state index contributed by atoms with van der Waals surface area (Å²) in [5.41, 5.74) is 1.28. The van der Waals surface area contributed by atoms with E-state index in [9.17, 15) is 0 Å². The Hall–Kier alpha value is -1.45. The van der Waals surface area contributed by atoms with Gasteiger partial charge in [0, 0.05) is 43.6 Å². The maximum absolute atomic E-state index is 5.43. The number of ether oxygens (including phenoxy) is 1. The summed E-state index contributed by atoms with van der Waals surface area (Å²) in [6, 6.07) is 8.97. The largest absolute Gasteiger partial charge is 0.381 e. The van der Waals surface area contributed by atoms with Crippen LogP contribution in [0.1, 0.15) is 25.3 Å². The van der Waals surface area contributed by atoms with Crippen molar-refractivity contribution in [3.63, 3.8) is 0 Å². The van der Waals surface area contributed by atoms with Crippen LogP contribution in [-0.4, -0.2) is 24.2 Å². The first kappa shape index (κ1) is 13.5. The van der Waals surface area contributed by atoms with Crippen LogP contribution in [0, 0.1) is 5.92 Å². The van der Waals surface area contributed by atoms with E-state index in [4.69, 9.17) is 4.74 Å². The van der Waals surface area contributed by atoms with Gasteiger partial charge in [0.2, 0.25) is 0 Å².